The average molecular weight is 558 g/mol. The number of carbonyl (C=O) groups excluding carboxylic acids is 2. The molecule has 196 valence electrons. The van der Waals surface area contributed by atoms with Gasteiger partial charge in [-0.3, -0.25) is 14.2 Å². The maximum absolute atomic E-state index is 13.5. The number of fused-ring (bicyclic) bond motifs is 1. The smallest absolute Gasteiger partial charge is 0.344 e. The number of aromatic nitrogens is 3. The van der Waals surface area contributed by atoms with Gasteiger partial charge in [-0.25, -0.2) is 0 Å². The number of amides is 2. The minimum absolute atomic E-state index is 0.0208. The van der Waals surface area contributed by atoms with Crippen LogP contribution >= 0.6 is 23.1 Å². The average Bonchev–Trinajstić information content (AvgIpc) is 3.60. The van der Waals surface area contributed by atoms with Crippen molar-refractivity contribution in [1.29, 1.82) is 0 Å². The molecule has 0 atom stereocenters. The van der Waals surface area contributed by atoms with Crippen LogP contribution in [0.15, 0.2) is 71.2 Å². The van der Waals surface area contributed by atoms with E-state index in [0.717, 1.165) is 48.0 Å². The van der Waals surface area contributed by atoms with E-state index >= 15 is 0 Å². The number of benzene rings is 2. The fourth-order valence-electron chi connectivity index (χ4n) is 4.24. The molecule has 2 amide bonds. The zero-order valence-corrected chi connectivity index (χ0v) is 21.6. The zero-order valence-electron chi connectivity index (χ0n) is 19.9. The number of thiophene rings is 1. The summed E-state index contributed by atoms with van der Waals surface area (Å²) in [5.41, 5.74) is 1.34. The van der Waals surface area contributed by atoms with Crippen LogP contribution in [-0.2, 0) is 23.9 Å². The third-order valence-corrected chi connectivity index (χ3v) is 7.80. The molecular formula is C26H22F3N5O2S2. The first kappa shape index (κ1) is 26.0. The summed E-state index contributed by atoms with van der Waals surface area (Å²) in [4.78, 5) is 27.8. The lowest BCUT2D eigenvalue weighted by Crippen LogP contribution is -2.36. The van der Waals surface area contributed by atoms with Crippen molar-refractivity contribution in [2.45, 2.75) is 30.7 Å². The highest BCUT2D eigenvalue weighted by Crippen LogP contribution is 2.32. The number of nitrogens with one attached hydrogen (secondary N) is 1. The maximum Gasteiger partial charge on any atom is 0.416 e. The lowest BCUT2D eigenvalue weighted by molar-refractivity contribution is -0.137. The van der Waals surface area contributed by atoms with E-state index in [1.54, 1.807) is 22.4 Å². The Labute approximate surface area is 224 Å². The lowest BCUT2D eigenvalue weighted by Gasteiger charge is -2.29. The van der Waals surface area contributed by atoms with Gasteiger partial charge >= 0.3 is 6.18 Å². The molecule has 5 rings (SSSR count). The zero-order chi connectivity index (χ0) is 26.7. The van der Waals surface area contributed by atoms with Gasteiger partial charge in [-0.15, -0.1) is 21.5 Å². The molecule has 0 fully saturated rings. The molecule has 0 saturated heterocycles. The first-order chi connectivity index (χ1) is 18.3. The van der Waals surface area contributed by atoms with Gasteiger partial charge in [0.2, 0.25) is 5.91 Å². The van der Waals surface area contributed by atoms with Crippen molar-refractivity contribution in [2.75, 3.05) is 17.2 Å². The van der Waals surface area contributed by atoms with E-state index in [2.05, 4.69) is 15.5 Å². The van der Waals surface area contributed by atoms with E-state index in [-0.39, 0.29) is 40.8 Å². The Morgan fingerprint density at radius 2 is 1.89 bits per heavy atom. The van der Waals surface area contributed by atoms with Crippen LogP contribution in [0.2, 0.25) is 0 Å². The topological polar surface area (TPSA) is 80.1 Å². The van der Waals surface area contributed by atoms with E-state index in [0.29, 0.717) is 11.4 Å². The van der Waals surface area contributed by atoms with Gasteiger partial charge in [-0.1, -0.05) is 42.1 Å². The van der Waals surface area contributed by atoms with E-state index in [9.17, 15) is 22.8 Å². The number of halogens is 3. The van der Waals surface area contributed by atoms with Crippen molar-refractivity contribution in [3.8, 4) is 5.69 Å². The summed E-state index contributed by atoms with van der Waals surface area (Å²) < 4.78 is 41.8. The van der Waals surface area contributed by atoms with E-state index < -0.39 is 11.7 Å². The molecule has 3 heterocycles. The molecule has 2 aromatic carbocycles. The molecule has 1 aliphatic heterocycles. The second-order valence-electron chi connectivity index (χ2n) is 8.51. The molecular weight excluding hydrogens is 535 g/mol. The number of para-hydroxylation sites is 1. The number of anilines is 1. The third kappa shape index (κ3) is 5.60. The van der Waals surface area contributed by atoms with Crippen LogP contribution in [0.3, 0.4) is 0 Å². The summed E-state index contributed by atoms with van der Waals surface area (Å²) >= 11 is 2.36. The number of alkyl halides is 3. The van der Waals surface area contributed by atoms with Crippen molar-refractivity contribution in [3.63, 3.8) is 0 Å². The molecule has 0 saturated carbocycles. The molecule has 38 heavy (non-hydrogen) atoms. The fourth-order valence-corrected chi connectivity index (χ4v) is 5.73. The third-order valence-electron chi connectivity index (χ3n) is 6.02. The molecule has 0 radical (unpaired) electrons. The molecule has 2 aromatic heterocycles. The molecule has 1 N–H and O–H groups in total. The first-order valence-electron chi connectivity index (χ1n) is 11.8. The van der Waals surface area contributed by atoms with Crippen molar-refractivity contribution in [1.82, 2.24) is 20.1 Å². The Hall–Kier alpha value is -3.64. The van der Waals surface area contributed by atoms with Gasteiger partial charge in [0.25, 0.3) is 5.91 Å². The monoisotopic (exact) mass is 557 g/mol. The van der Waals surface area contributed by atoms with E-state index in [1.165, 1.54) is 28.0 Å². The summed E-state index contributed by atoms with van der Waals surface area (Å²) in [6.07, 6.45) is -2.79. The van der Waals surface area contributed by atoms with Crippen molar-refractivity contribution >= 4 is 40.6 Å². The molecule has 4 aromatic rings. The summed E-state index contributed by atoms with van der Waals surface area (Å²) in [6, 6.07) is 16.0. The Bertz CT molecular complexity index is 1450. The molecule has 1 aliphatic rings. The summed E-state index contributed by atoms with van der Waals surface area (Å²) in [5, 5.41) is 13.1. The number of hydrogen-bond acceptors (Lipinski definition) is 6. The van der Waals surface area contributed by atoms with Crippen molar-refractivity contribution in [2.24, 2.45) is 0 Å². The normalized spacial score (nSPS) is 13.3. The highest BCUT2D eigenvalue weighted by Gasteiger charge is 2.31. The van der Waals surface area contributed by atoms with Gasteiger partial charge in [0.05, 0.1) is 28.4 Å². The fraction of sp³-hybridized carbons (Fsp3) is 0.231. The predicted octanol–water partition coefficient (Wildman–Crippen LogP) is 5.35. The van der Waals surface area contributed by atoms with Crippen LogP contribution in [0.1, 0.15) is 33.0 Å². The van der Waals surface area contributed by atoms with Crippen LogP contribution < -0.4 is 10.2 Å². The second kappa shape index (κ2) is 11.0. The lowest BCUT2D eigenvalue weighted by atomic mass is 10.0. The number of carbonyl (C=O) groups is 2. The number of thioether (sulfide) groups is 1. The molecule has 0 aliphatic carbocycles. The molecule has 0 unspecified atom stereocenters. The summed E-state index contributed by atoms with van der Waals surface area (Å²) in [6.45, 7) is 0.532. The number of nitrogens with zero attached hydrogens (tertiary/aromatic N) is 4. The van der Waals surface area contributed by atoms with Gasteiger partial charge in [-0.2, -0.15) is 13.2 Å². The minimum atomic E-state index is -4.54. The van der Waals surface area contributed by atoms with Crippen LogP contribution in [0.5, 0.6) is 0 Å². The van der Waals surface area contributed by atoms with Gasteiger partial charge in [0.15, 0.2) is 11.0 Å². The minimum Gasteiger partial charge on any atom is -0.344 e. The Morgan fingerprint density at radius 3 is 2.68 bits per heavy atom. The maximum atomic E-state index is 13.5. The quantitative estimate of drug-likeness (QED) is 0.310. The van der Waals surface area contributed by atoms with Crippen LogP contribution in [0, 0.1) is 0 Å². The molecule has 12 heteroatoms. The Kier molecular flexibility index (Phi) is 7.52. The van der Waals surface area contributed by atoms with Gasteiger partial charge in [0.1, 0.15) is 0 Å². The Morgan fingerprint density at radius 1 is 1.05 bits per heavy atom. The highest BCUT2D eigenvalue weighted by molar-refractivity contribution is 7.99. The largest absolute Gasteiger partial charge is 0.416 e. The van der Waals surface area contributed by atoms with Gasteiger partial charge < -0.3 is 10.2 Å². The highest BCUT2D eigenvalue weighted by atomic mass is 32.2. The van der Waals surface area contributed by atoms with Crippen molar-refractivity contribution in [3.05, 3.63) is 87.9 Å². The van der Waals surface area contributed by atoms with Crippen LogP contribution in [0.25, 0.3) is 5.69 Å². The van der Waals surface area contributed by atoms with E-state index in [4.69, 9.17) is 0 Å². The Balaban J connectivity index is 1.40. The van der Waals surface area contributed by atoms with Crippen LogP contribution in [0.4, 0.5) is 18.9 Å². The SMILES string of the molecule is O=C(NCc1nnc(SCC(=O)N2CCCc3ccccc32)n1-c1cccc(C(F)(F)F)c1)c1cccs1. The summed E-state index contributed by atoms with van der Waals surface area (Å²) in [7, 11) is 0. The molecule has 0 spiro atoms. The molecule has 7 nitrogen and oxygen atoms in total. The predicted molar refractivity (Wildman–Crippen MR) is 140 cm³/mol. The summed E-state index contributed by atoms with van der Waals surface area (Å²) in [5.74, 6) is -0.194. The number of rotatable bonds is 7. The standard InChI is InChI=1S/C26H22F3N5O2S2/c27-26(28,29)18-8-3-9-19(14-18)34-22(15-30-24(36)21-11-5-13-37-21)31-32-25(34)38-16-23(35)33-12-4-7-17-6-1-2-10-20(17)33/h1-3,5-6,8-11,13-14H,4,7,12,15-16H2,(H,30,36). The second-order valence-corrected chi connectivity index (χ2v) is 10.4. The van der Waals surface area contributed by atoms with E-state index in [1.807, 2.05) is 24.3 Å². The van der Waals surface area contributed by atoms with Crippen LogP contribution in [-0.4, -0.2) is 38.9 Å². The number of aryl methyl sites for hydroxylation is 1. The first-order valence-corrected chi connectivity index (χ1v) is 13.6. The van der Waals surface area contributed by atoms with Crippen molar-refractivity contribution < 1.29 is 22.8 Å². The van der Waals surface area contributed by atoms with Gasteiger partial charge in [0, 0.05) is 12.2 Å². The number of hydrogen-bond donors (Lipinski definition) is 1. The molecule has 0 bridgehead atoms. The van der Waals surface area contributed by atoms with Gasteiger partial charge in [-0.05, 0) is 54.1 Å².